The SMILES string of the molecule is CC(C)COc1ccccc1NC(=O)CCCCCCN. The molecule has 21 heavy (non-hydrogen) atoms. The number of benzene rings is 1. The maximum Gasteiger partial charge on any atom is 0.224 e. The van der Waals surface area contributed by atoms with Crippen LogP contribution in [0.5, 0.6) is 5.75 Å². The van der Waals surface area contributed by atoms with Crippen LogP contribution in [0.25, 0.3) is 0 Å². The van der Waals surface area contributed by atoms with E-state index >= 15 is 0 Å². The van der Waals surface area contributed by atoms with Gasteiger partial charge < -0.3 is 15.8 Å². The Morgan fingerprint density at radius 1 is 1.19 bits per heavy atom. The summed E-state index contributed by atoms with van der Waals surface area (Å²) in [7, 11) is 0. The lowest BCUT2D eigenvalue weighted by atomic mass is 10.1. The fraction of sp³-hybridized carbons (Fsp3) is 0.588. The second-order valence-corrected chi connectivity index (χ2v) is 5.70. The molecule has 0 atom stereocenters. The molecule has 0 fully saturated rings. The third-order valence-electron chi connectivity index (χ3n) is 3.09. The Balaban J connectivity index is 2.40. The molecule has 0 aliphatic heterocycles. The second-order valence-electron chi connectivity index (χ2n) is 5.70. The standard InChI is InChI=1S/C17H28N2O2/c1-14(2)13-21-16-10-7-6-9-15(16)19-17(20)11-5-3-4-8-12-18/h6-7,9-10,14H,3-5,8,11-13,18H2,1-2H3,(H,19,20). The van der Waals surface area contributed by atoms with Crippen LogP contribution < -0.4 is 15.8 Å². The van der Waals surface area contributed by atoms with Crippen molar-refractivity contribution in [1.29, 1.82) is 0 Å². The van der Waals surface area contributed by atoms with Gasteiger partial charge in [0.25, 0.3) is 0 Å². The lowest BCUT2D eigenvalue weighted by Gasteiger charge is -2.13. The van der Waals surface area contributed by atoms with Crippen LogP contribution in [-0.4, -0.2) is 19.1 Å². The third kappa shape index (κ3) is 7.71. The molecule has 1 amide bonds. The maximum atomic E-state index is 11.9. The van der Waals surface area contributed by atoms with Crippen molar-refractivity contribution in [2.24, 2.45) is 11.7 Å². The Morgan fingerprint density at radius 2 is 1.90 bits per heavy atom. The van der Waals surface area contributed by atoms with Crippen LogP contribution in [0.3, 0.4) is 0 Å². The first-order chi connectivity index (χ1) is 10.1. The highest BCUT2D eigenvalue weighted by Gasteiger charge is 2.08. The molecule has 1 rings (SSSR count). The van der Waals surface area contributed by atoms with Gasteiger partial charge in [0.05, 0.1) is 12.3 Å². The number of nitrogens with two attached hydrogens (primary N) is 1. The fourth-order valence-electron chi connectivity index (χ4n) is 1.95. The normalized spacial score (nSPS) is 10.7. The summed E-state index contributed by atoms with van der Waals surface area (Å²) in [6, 6.07) is 7.58. The summed E-state index contributed by atoms with van der Waals surface area (Å²) in [5.41, 5.74) is 6.20. The van der Waals surface area contributed by atoms with E-state index in [-0.39, 0.29) is 5.91 Å². The van der Waals surface area contributed by atoms with E-state index in [9.17, 15) is 4.79 Å². The van der Waals surface area contributed by atoms with Crippen molar-refractivity contribution in [3.05, 3.63) is 24.3 Å². The van der Waals surface area contributed by atoms with E-state index in [4.69, 9.17) is 10.5 Å². The summed E-state index contributed by atoms with van der Waals surface area (Å²) in [4.78, 5) is 11.9. The van der Waals surface area contributed by atoms with Crippen molar-refractivity contribution in [2.75, 3.05) is 18.5 Å². The van der Waals surface area contributed by atoms with Crippen LogP contribution >= 0.6 is 0 Å². The zero-order valence-corrected chi connectivity index (χ0v) is 13.2. The number of carbonyl (C=O) groups is 1. The molecule has 0 spiro atoms. The second kappa shape index (κ2) is 10.2. The summed E-state index contributed by atoms with van der Waals surface area (Å²) in [6.07, 6.45) is 4.63. The molecule has 0 unspecified atom stereocenters. The third-order valence-corrected chi connectivity index (χ3v) is 3.09. The van der Waals surface area contributed by atoms with Gasteiger partial charge in [-0.1, -0.05) is 38.8 Å². The molecule has 0 saturated carbocycles. The minimum Gasteiger partial charge on any atom is -0.491 e. The predicted molar refractivity (Wildman–Crippen MR) is 87.5 cm³/mol. The van der Waals surface area contributed by atoms with Gasteiger partial charge in [-0.15, -0.1) is 0 Å². The fourth-order valence-corrected chi connectivity index (χ4v) is 1.95. The Morgan fingerprint density at radius 3 is 2.62 bits per heavy atom. The quantitative estimate of drug-likeness (QED) is 0.648. The molecule has 3 N–H and O–H groups in total. The van der Waals surface area contributed by atoms with E-state index in [0.29, 0.717) is 18.9 Å². The van der Waals surface area contributed by atoms with Crippen molar-refractivity contribution in [3.8, 4) is 5.75 Å². The minimum atomic E-state index is 0.0448. The summed E-state index contributed by atoms with van der Waals surface area (Å²) in [6.45, 7) is 5.57. The van der Waals surface area contributed by atoms with Crippen LogP contribution in [0.1, 0.15) is 46.0 Å². The first kappa shape index (κ1) is 17.5. The summed E-state index contributed by atoms with van der Waals surface area (Å²) in [5, 5.41) is 2.94. The number of carbonyl (C=O) groups excluding carboxylic acids is 1. The first-order valence-corrected chi connectivity index (χ1v) is 7.85. The van der Waals surface area contributed by atoms with Crippen molar-refractivity contribution in [3.63, 3.8) is 0 Å². The van der Waals surface area contributed by atoms with Crippen LogP contribution in [-0.2, 0) is 4.79 Å². The number of nitrogens with one attached hydrogen (secondary N) is 1. The number of rotatable bonds is 10. The van der Waals surface area contributed by atoms with Crippen molar-refractivity contribution in [2.45, 2.75) is 46.0 Å². The van der Waals surface area contributed by atoms with E-state index in [0.717, 1.165) is 43.7 Å². The lowest BCUT2D eigenvalue weighted by molar-refractivity contribution is -0.116. The van der Waals surface area contributed by atoms with E-state index in [2.05, 4.69) is 19.2 Å². The smallest absolute Gasteiger partial charge is 0.224 e. The molecule has 0 radical (unpaired) electrons. The molecule has 0 saturated heterocycles. The predicted octanol–water partition coefficient (Wildman–Crippen LogP) is 3.57. The average Bonchev–Trinajstić information content (AvgIpc) is 2.46. The topological polar surface area (TPSA) is 64.3 Å². The van der Waals surface area contributed by atoms with Crippen molar-refractivity contribution in [1.82, 2.24) is 0 Å². The molecule has 0 aromatic heterocycles. The van der Waals surface area contributed by atoms with Gasteiger partial charge in [0.1, 0.15) is 5.75 Å². The number of amides is 1. The van der Waals surface area contributed by atoms with Crippen LogP contribution in [0.2, 0.25) is 0 Å². The van der Waals surface area contributed by atoms with Gasteiger partial charge in [0, 0.05) is 6.42 Å². The highest BCUT2D eigenvalue weighted by molar-refractivity contribution is 5.92. The van der Waals surface area contributed by atoms with Crippen LogP contribution in [0, 0.1) is 5.92 Å². The molecule has 1 aromatic rings. The Bertz CT molecular complexity index is 419. The number of hydrogen-bond donors (Lipinski definition) is 2. The largest absolute Gasteiger partial charge is 0.491 e. The van der Waals surface area contributed by atoms with E-state index < -0.39 is 0 Å². The molecular weight excluding hydrogens is 264 g/mol. The van der Waals surface area contributed by atoms with E-state index in [1.54, 1.807) is 0 Å². The van der Waals surface area contributed by atoms with Gasteiger partial charge in [0.2, 0.25) is 5.91 Å². The number of hydrogen-bond acceptors (Lipinski definition) is 3. The summed E-state index contributed by atoms with van der Waals surface area (Å²) < 4.78 is 5.73. The zero-order valence-electron chi connectivity index (χ0n) is 13.2. The van der Waals surface area contributed by atoms with Crippen LogP contribution in [0.4, 0.5) is 5.69 Å². The molecule has 0 aliphatic rings. The van der Waals surface area contributed by atoms with Crippen molar-refractivity contribution >= 4 is 11.6 Å². The summed E-state index contributed by atoms with van der Waals surface area (Å²) >= 11 is 0. The number of anilines is 1. The Hall–Kier alpha value is -1.55. The molecule has 118 valence electrons. The molecule has 4 nitrogen and oxygen atoms in total. The highest BCUT2D eigenvalue weighted by atomic mass is 16.5. The molecule has 1 aromatic carbocycles. The molecule has 0 bridgehead atoms. The molecule has 4 heteroatoms. The number of unbranched alkanes of at least 4 members (excludes halogenated alkanes) is 3. The van der Waals surface area contributed by atoms with Gasteiger partial charge in [-0.3, -0.25) is 4.79 Å². The van der Waals surface area contributed by atoms with Gasteiger partial charge in [0.15, 0.2) is 0 Å². The van der Waals surface area contributed by atoms with Crippen molar-refractivity contribution < 1.29 is 9.53 Å². The monoisotopic (exact) mass is 292 g/mol. The molecular formula is C17H28N2O2. The Labute approximate surface area is 128 Å². The van der Waals surface area contributed by atoms with Gasteiger partial charge in [-0.05, 0) is 37.4 Å². The lowest BCUT2D eigenvalue weighted by Crippen LogP contribution is -2.13. The highest BCUT2D eigenvalue weighted by Crippen LogP contribution is 2.24. The van der Waals surface area contributed by atoms with Gasteiger partial charge in [-0.25, -0.2) is 0 Å². The number of ether oxygens (including phenoxy) is 1. The van der Waals surface area contributed by atoms with E-state index in [1.807, 2.05) is 24.3 Å². The average molecular weight is 292 g/mol. The maximum absolute atomic E-state index is 11.9. The zero-order chi connectivity index (χ0) is 15.5. The van der Waals surface area contributed by atoms with Crippen LogP contribution in [0.15, 0.2) is 24.3 Å². The van der Waals surface area contributed by atoms with E-state index in [1.165, 1.54) is 0 Å². The van der Waals surface area contributed by atoms with Gasteiger partial charge >= 0.3 is 0 Å². The van der Waals surface area contributed by atoms with Gasteiger partial charge in [-0.2, -0.15) is 0 Å². The summed E-state index contributed by atoms with van der Waals surface area (Å²) in [5.74, 6) is 1.24. The minimum absolute atomic E-state index is 0.0448. The Kier molecular flexibility index (Phi) is 8.51. The first-order valence-electron chi connectivity index (χ1n) is 7.85. The molecule has 0 heterocycles. The number of para-hydroxylation sites is 2. The molecule has 0 aliphatic carbocycles.